The fourth-order valence-corrected chi connectivity index (χ4v) is 4.49. The van der Waals surface area contributed by atoms with Crippen LogP contribution in [0.3, 0.4) is 0 Å². The minimum Gasteiger partial charge on any atom is -0.490 e. The smallest absolute Gasteiger partial charge is 0.271 e. The Labute approximate surface area is 192 Å². The van der Waals surface area contributed by atoms with E-state index in [2.05, 4.69) is 4.72 Å². The number of ether oxygens (including phenoxy) is 4. The Morgan fingerprint density at radius 3 is 2.27 bits per heavy atom. The summed E-state index contributed by atoms with van der Waals surface area (Å²) < 4.78 is 50.0. The number of sulfonamides is 1. The van der Waals surface area contributed by atoms with Gasteiger partial charge in [-0.15, -0.1) is 0 Å². The third kappa shape index (κ3) is 5.77. The van der Waals surface area contributed by atoms with Crippen LogP contribution in [0, 0.1) is 15.5 Å². The van der Waals surface area contributed by atoms with Gasteiger partial charge in [0.15, 0.2) is 0 Å². The molecule has 0 atom stereocenters. The third-order valence-electron chi connectivity index (χ3n) is 4.88. The number of nitro groups is 1. The number of benzene rings is 1. The molecule has 1 N–H and O–H groups in total. The van der Waals surface area contributed by atoms with Crippen LogP contribution in [-0.4, -0.2) is 59.5 Å². The van der Waals surface area contributed by atoms with Crippen molar-refractivity contribution in [3.05, 3.63) is 51.7 Å². The SMILES string of the molecule is COCCOc1ccc([N+](=O)[O-])cc1S(=O)(=O)NC1=CC(OC)(OC)C(C(C)(C)C)=CC1=O. The Balaban J connectivity index is 2.54. The average molecular weight is 485 g/mol. The van der Waals surface area contributed by atoms with E-state index in [4.69, 9.17) is 18.9 Å². The largest absolute Gasteiger partial charge is 0.490 e. The lowest BCUT2D eigenvalue weighted by molar-refractivity contribution is -0.385. The first-order chi connectivity index (χ1) is 15.3. The molecule has 0 saturated heterocycles. The van der Waals surface area contributed by atoms with E-state index >= 15 is 0 Å². The zero-order valence-corrected chi connectivity index (χ0v) is 20.1. The van der Waals surface area contributed by atoms with Crippen molar-refractivity contribution in [2.45, 2.75) is 31.5 Å². The van der Waals surface area contributed by atoms with Gasteiger partial charge in [-0.05, 0) is 17.6 Å². The summed E-state index contributed by atoms with van der Waals surface area (Å²) in [6.07, 6.45) is 2.49. The number of hydrogen-bond donors (Lipinski definition) is 1. The van der Waals surface area contributed by atoms with Crippen molar-refractivity contribution in [2.24, 2.45) is 5.41 Å². The van der Waals surface area contributed by atoms with E-state index in [1.54, 1.807) is 0 Å². The summed E-state index contributed by atoms with van der Waals surface area (Å²) in [5.41, 5.74) is -0.838. The molecule has 182 valence electrons. The molecule has 1 aromatic carbocycles. The van der Waals surface area contributed by atoms with E-state index in [1.807, 2.05) is 20.8 Å². The number of nitrogens with one attached hydrogen (secondary N) is 1. The fourth-order valence-electron chi connectivity index (χ4n) is 3.26. The van der Waals surface area contributed by atoms with Crippen LogP contribution in [0.15, 0.2) is 46.5 Å². The van der Waals surface area contributed by atoms with Crippen molar-refractivity contribution in [1.29, 1.82) is 0 Å². The van der Waals surface area contributed by atoms with Gasteiger partial charge in [0.05, 0.1) is 17.2 Å². The highest BCUT2D eigenvalue weighted by Gasteiger charge is 2.43. The quantitative estimate of drug-likeness (QED) is 0.229. The lowest BCUT2D eigenvalue weighted by Crippen LogP contribution is -2.44. The number of allylic oxidation sites excluding steroid dienone is 1. The summed E-state index contributed by atoms with van der Waals surface area (Å²) in [7, 11) is -0.315. The third-order valence-corrected chi connectivity index (χ3v) is 6.27. The van der Waals surface area contributed by atoms with Crippen molar-refractivity contribution in [1.82, 2.24) is 4.72 Å². The van der Waals surface area contributed by atoms with E-state index in [0.717, 1.165) is 12.1 Å². The molecule has 0 heterocycles. The first-order valence-electron chi connectivity index (χ1n) is 9.84. The Morgan fingerprint density at radius 2 is 1.76 bits per heavy atom. The second-order valence-corrected chi connectivity index (χ2v) is 9.79. The highest BCUT2D eigenvalue weighted by atomic mass is 32.2. The van der Waals surface area contributed by atoms with E-state index < -0.39 is 42.5 Å². The van der Waals surface area contributed by atoms with Gasteiger partial charge in [0.25, 0.3) is 15.7 Å². The highest BCUT2D eigenvalue weighted by molar-refractivity contribution is 7.89. The number of rotatable bonds is 10. The standard InChI is InChI=1S/C21H28N2O9S/c1-20(2,3)19-12-16(24)15(13-21(19,30-5)31-6)22-33(27,28)18-11-14(23(25)26)7-8-17(18)32-10-9-29-4/h7-8,11-13,22H,9-10H2,1-6H3. The van der Waals surface area contributed by atoms with E-state index in [0.29, 0.717) is 5.57 Å². The maximum absolute atomic E-state index is 13.2. The molecule has 0 amide bonds. The summed E-state index contributed by atoms with van der Waals surface area (Å²) in [5.74, 6) is -2.25. The number of carbonyl (C=O) groups is 1. The van der Waals surface area contributed by atoms with Gasteiger partial charge >= 0.3 is 0 Å². The molecular formula is C21H28N2O9S. The molecule has 0 unspecified atom stereocenters. The predicted molar refractivity (Wildman–Crippen MR) is 118 cm³/mol. The molecule has 0 spiro atoms. The number of nitrogens with zero attached hydrogens (tertiary/aromatic N) is 1. The molecule has 0 fully saturated rings. The lowest BCUT2D eigenvalue weighted by atomic mass is 9.78. The highest BCUT2D eigenvalue weighted by Crippen LogP contribution is 2.41. The summed E-state index contributed by atoms with van der Waals surface area (Å²) in [6, 6.07) is 3.14. The molecule has 1 aliphatic rings. The maximum Gasteiger partial charge on any atom is 0.271 e. The van der Waals surface area contributed by atoms with Gasteiger partial charge < -0.3 is 18.9 Å². The fraction of sp³-hybridized carbons (Fsp3) is 0.476. The molecule has 11 nitrogen and oxygen atoms in total. The number of methoxy groups -OCH3 is 3. The topological polar surface area (TPSA) is 143 Å². The van der Waals surface area contributed by atoms with Gasteiger partial charge in [-0.2, -0.15) is 0 Å². The molecule has 0 aromatic heterocycles. The molecule has 0 saturated carbocycles. The maximum atomic E-state index is 13.2. The summed E-state index contributed by atoms with van der Waals surface area (Å²) in [6.45, 7) is 5.74. The number of non-ortho nitro benzene ring substituents is 1. The van der Waals surface area contributed by atoms with Crippen LogP contribution in [0.2, 0.25) is 0 Å². The molecule has 0 bridgehead atoms. The summed E-state index contributed by atoms with van der Waals surface area (Å²) in [5, 5.41) is 11.2. The number of nitro benzene ring substituents is 1. The van der Waals surface area contributed by atoms with Crippen molar-refractivity contribution in [2.75, 3.05) is 34.5 Å². The Kier molecular flexibility index (Phi) is 8.01. The van der Waals surface area contributed by atoms with Crippen LogP contribution in [0.4, 0.5) is 5.69 Å². The number of carbonyl (C=O) groups excluding carboxylic acids is 1. The second kappa shape index (κ2) is 10.00. The Bertz CT molecular complexity index is 1080. The zero-order chi connectivity index (χ0) is 25.0. The predicted octanol–water partition coefficient (Wildman–Crippen LogP) is 2.33. The van der Waals surface area contributed by atoms with Crippen molar-refractivity contribution >= 4 is 21.5 Å². The molecule has 0 aliphatic heterocycles. The van der Waals surface area contributed by atoms with Gasteiger partial charge in [-0.3, -0.25) is 19.6 Å². The van der Waals surface area contributed by atoms with Crippen LogP contribution in [0.25, 0.3) is 0 Å². The molecule has 1 aliphatic carbocycles. The van der Waals surface area contributed by atoms with Crippen LogP contribution in [-0.2, 0) is 29.0 Å². The second-order valence-electron chi connectivity index (χ2n) is 8.14. The normalized spacial score (nSPS) is 16.1. The molecule has 1 aromatic rings. The monoisotopic (exact) mass is 484 g/mol. The zero-order valence-electron chi connectivity index (χ0n) is 19.3. The van der Waals surface area contributed by atoms with Crippen molar-refractivity contribution in [3.8, 4) is 5.75 Å². The van der Waals surface area contributed by atoms with E-state index in [9.17, 15) is 23.3 Å². The van der Waals surface area contributed by atoms with Gasteiger partial charge in [-0.1, -0.05) is 20.8 Å². The van der Waals surface area contributed by atoms with Crippen LogP contribution >= 0.6 is 0 Å². The average Bonchev–Trinajstić information content (AvgIpc) is 2.74. The van der Waals surface area contributed by atoms with Gasteiger partial charge in [0, 0.05) is 45.1 Å². The van der Waals surface area contributed by atoms with Crippen LogP contribution < -0.4 is 9.46 Å². The van der Waals surface area contributed by atoms with Gasteiger partial charge in [-0.25, -0.2) is 8.42 Å². The summed E-state index contributed by atoms with van der Waals surface area (Å²) >= 11 is 0. The Hall–Kier alpha value is -2.80. The van der Waals surface area contributed by atoms with E-state index in [1.165, 1.54) is 39.5 Å². The minimum atomic E-state index is -4.49. The molecule has 0 radical (unpaired) electrons. The molecule has 2 rings (SSSR count). The van der Waals surface area contributed by atoms with Gasteiger partial charge in [0.1, 0.15) is 17.3 Å². The van der Waals surface area contributed by atoms with Gasteiger partial charge in [0.2, 0.25) is 11.6 Å². The molecule has 33 heavy (non-hydrogen) atoms. The van der Waals surface area contributed by atoms with Crippen molar-refractivity contribution in [3.63, 3.8) is 0 Å². The first kappa shape index (κ1) is 26.5. The van der Waals surface area contributed by atoms with Crippen LogP contribution in [0.5, 0.6) is 5.75 Å². The molecule has 12 heteroatoms. The lowest BCUT2D eigenvalue weighted by Gasteiger charge is -2.39. The van der Waals surface area contributed by atoms with E-state index in [-0.39, 0.29) is 24.7 Å². The van der Waals surface area contributed by atoms with Crippen molar-refractivity contribution < 1.29 is 37.1 Å². The molecular weight excluding hydrogens is 456 g/mol. The minimum absolute atomic E-state index is 0.00655. The summed E-state index contributed by atoms with van der Waals surface area (Å²) in [4.78, 5) is 22.8. The first-order valence-corrected chi connectivity index (χ1v) is 11.3. The number of hydrogen-bond acceptors (Lipinski definition) is 9. The van der Waals surface area contributed by atoms with Crippen LogP contribution in [0.1, 0.15) is 20.8 Å². The number of ketones is 1. The Morgan fingerprint density at radius 1 is 1.12 bits per heavy atom.